The van der Waals surface area contributed by atoms with Crippen molar-refractivity contribution >= 4 is 5.91 Å². The molecule has 4 nitrogen and oxygen atoms in total. The molecule has 1 N–H and O–H groups in total. The molecular weight excluding hydrogens is 233 g/mol. The highest BCUT2D eigenvalue weighted by atomic mass is 19.1. The molecule has 1 aliphatic heterocycles. The van der Waals surface area contributed by atoms with Gasteiger partial charge in [0.05, 0.1) is 11.8 Å². The van der Waals surface area contributed by atoms with Crippen LogP contribution in [0.2, 0.25) is 0 Å². The highest BCUT2D eigenvalue weighted by Crippen LogP contribution is 2.22. The normalized spacial score (nSPS) is 18.7. The lowest BCUT2D eigenvalue weighted by atomic mass is 9.89. The summed E-state index contributed by atoms with van der Waals surface area (Å²) in [7, 11) is 1.93. The number of hydrogen-bond donors (Lipinski definition) is 1. The van der Waals surface area contributed by atoms with Crippen molar-refractivity contribution in [2.45, 2.75) is 25.3 Å². The number of pyridine rings is 1. The number of amides is 1. The Balaban J connectivity index is 2.07. The maximum Gasteiger partial charge on any atom is 0.256 e. The summed E-state index contributed by atoms with van der Waals surface area (Å²) >= 11 is 0. The monoisotopic (exact) mass is 251 g/mol. The van der Waals surface area contributed by atoms with E-state index >= 15 is 0 Å². The van der Waals surface area contributed by atoms with Crippen molar-refractivity contribution in [3.63, 3.8) is 0 Å². The van der Waals surface area contributed by atoms with Gasteiger partial charge >= 0.3 is 0 Å². The van der Waals surface area contributed by atoms with Crippen LogP contribution in [0.3, 0.4) is 0 Å². The molecular formula is C13H18FN3O. The van der Waals surface area contributed by atoms with Crippen molar-refractivity contribution in [1.82, 2.24) is 15.2 Å². The lowest BCUT2D eigenvalue weighted by molar-refractivity contribution is 0.0657. The Bertz CT molecular complexity index is 442. The van der Waals surface area contributed by atoms with Gasteiger partial charge in [-0.15, -0.1) is 0 Å². The molecule has 1 fully saturated rings. The first-order valence-corrected chi connectivity index (χ1v) is 6.13. The van der Waals surface area contributed by atoms with E-state index in [-0.39, 0.29) is 17.0 Å². The summed E-state index contributed by atoms with van der Waals surface area (Å²) in [6, 6.07) is 1.43. The van der Waals surface area contributed by atoms with E-state index < -0.39 is 5.82 Å². The molecule has 0 atom stereocenters. The van der Waals surface area contributed by atoms with E-state index in [1.807, 2.05) is 7.05 Å². The molecule has 0 bridgehead atoms. The quantitative estimate of drug-likeness (QED) is 0.865. The third-order valence-corrected chi connectivity index (χ3v) is 3.76. The van der Waals surface area contributed by atoms with E-state index in [9.17, 15) is 9.18 Å². The minimum atomic E-state index is -0.551. The summed E-state index contributed by atoms with van der Waals surface area (Å²) < 4.78 is 13.5. The summed E-state index contributed by atoms with van der Waals surface area (Å²) in [5, 5.41) is 3.27. The molecule has 0 unspecified atom stereocenters. The Kier molecular flexibility index (Phi) is 3.61. The number of carbonyl (C=O) groups excluding carboxylic acids is 1. The predicted octanol–water partition coefficient (Wildman–Crippen LogP) is 1.43. The molecule has 1 aliphatic rings. The van der Waals surface area contributed by atoms with Crippen LogP contribution in [0.15, 0.2) is 18.5 Å². The van der Waals surface area contributed by atoms with Crippen molar-refractivity contribution in [3.8, 4) is 0 Å². The minimum absolute atomic E-state index is 0.0770. The number of nitrogens with zero attached hydrogens (tertiary/aromatic N) is 2. The van der Waals surface area contributed by atoms with Crippen LogP contribution in [0, 0.1) is 5.82 Å². The molecule has 1 aromatic rings. The fraction of sp³-hybridized carbons (Fsp3) is 0.538. The second-order valence-corrected chi connectivity index (χ2v) is 4.96. The van der Waals surface area contributed by atoms with Crippen LogP contribution in [-0.2, 0) is 0 Å². The lowest BCUT2D eigenvalue weighted by Crippen LogP contribution is -2.51. The first kappa shape index (κ1) is 13.0. The molecule has 2 heterocycles. The molecule has 0 spiro atoms. The Hall–Kier alpha value is -1.49. The highest BCUT2D eigenvalue weighted by Gasteiger charge is 2.31. The van der Waals surface area contributed by atoms with Crippen molar-refractivity contribution in [1.29, 1.82) is 0 Å². The van der Waals surface area contributed by atoms with E-state index in [2.05, 4.69) is 17.2 Å². The molecule has 98 valence electrons. The summed E-state index contributed by atoms with van der Waals surface area (Å²) in [6.45, 7) is 3.44. The second-order valence-electron chi connectivity index (χ2n) is 4.96. The highest BCUT2D eigenvalue weighted by molar-refractivity contribution is 5.94. The molecule has 2 rings (SSSR count). The molecule has 0 aliphatic carbocycles. The number of aromatic nitrogens is 1. The summed E-state index contributed by atoms with van der Waals surface area (Å²) in [4.78, 5) is 17.5. The van der Waals surface area contributed by atoms with Gasteiger partial charge in [0, 0.05) is 24.8 Å². The van der Waals surface area contributed by atoms with Gasteiger partial charge in [-0.2, -0.15) is 0 Å². The van der Waals surface area contributed by atoms with Gasteiger partial charge in [-0.05, 0) is 32.9 Å². The second kappa shape index (κ2) is 5.02. The molecule has 18 heavy (non-hydrogen) atoms. The number of piperidine rings is 1. The molecule has 0 saturated carbocycles. The number of nitrogens with one attached hydrogen (secondary N) is 1. The van der Waals surface area contributed by atoms with E-state index in [4.69, 9.17) is 0 Å². The lowest BCUT2D eigenvalue weighted by Gasteiger charge is -2.39. The summed E-state index contributed by atoms with van der Waals surface area (Å²) in [5.74, 6) is -0.794. The maximum atomic E-state index is 13.5. The Morgan fingerprint density at radius 2 is 2.17 bits per heavy atom. The number of hydrogen-bond acceptors (Lipinski definition) is 3. The van der Waals surface area contributed by atoms with E-state index in [0.717, 1.165) is 19.0 Å². The molecule has 0 radical (unpaired) electrons. The number of rotatable bonds is 2. The predicted molar refractivity (Wildman–Crippen MR) is 66.8 cm³/mol. The van der Waals surface area contributed by atoms with E-state index in [1.54, 1.807) is 4.90 Å². The Labute approximate surface area is 106 Å². The van der Waals surface area contributed by atoms with Gasteiger partial charge in [-0.3, -0.25) is 9.78 Å². The minimum Gasteiger partial charge on any atom is -0.338 e. The van der Waals surface area contributed by atoms with Crippen LogP contribution in [0.25, 0.3) is 0 Å². The van der Waals surface area contributed by atoms with Crippen molar-refractivity contribution < 1.29 is 9.18 Å². The summed E-state index contributed by atoms with van der Waals surface area (Å²) in [5.41, 5.74) is 0.186. The zero-order valence-electron chi connectivity index (χ0n) is 10.7. The number of likely N-dealkylation sites (tertiary alicyclic amines) is 1. The fourth-order valence-electron chi connectivity index (χ4n) is 2.17. The zero-order valence-corrected chi connectivity index (χ0v) is 10.7. The van der Waals surface area contributed by atoms with E-state index in [0.29, 0.717) is 13.1 Å². The van der Waals surface area contributed by atoms with Crippen LogP contribution in [0.1, 0.15) is 30.1 Å². The third kappa shape index (κ3) is 2.51. The van der Waals surface area contributed by atoms with Gasteiger partial charge in [-0.1, -0.05) is 0 Å². The fourth-order valence-corrected chi connectivity index (χ4v) is 2.17. The van der Waals surface area contributed by atoms with Gasteiger partial charge in [0.2, 0.25) is 0 Å². The van der Waals surface area contributed by atoms with Crippen molar-refractivity contribution in [2.75, 3.05) is 20.1 Å². The van der Waals surface area contributed by atoms with Crippen LogP contribution in [0.4, 0.5) is 4.39 Å². The molecule has 1 saturated heterocycles. The van der Waals surface area contributed by atoms with Crippen LogP contribution >= 0.6 is 0 Å². The average molecular weight is 251 g/mol. The van der Waals surface area contributed by atoms with E-state index in [1.165, 1.54) is 12.3 Å². The standard InChI is InChI=1S/C13H18FN3O/c1-13(15-2)4-7-17(8-5-13)12(18)10-3-6-16-9-11(10)14/h3,6,9,15H,4-5,7-8H2,1-2H3. The van der Waals surface area contributed by atoms with Gasteiger partial charge in [0.15, 0.2) is 5.82 Å². The molecule has 1 amide bonds. The van der Waals surface area contributed by atoms with Crippen molar-refractivity contribution in [2.24, 2.45) is 0 Å². The smallest absolute Gasteiger partial charge is 0.256 e. The van der Waals surface area contributed by atoms with Crippen molar-refractivity contribution in [3.05, 3.63) is 29.8 Å². The van der Waals surface area contributed by atoms with Crippen LogP contribution in [-0.4, -0.2) is 41.5 Å². The first-order chi connectivity index (χ1) is 8.56. The summed E-state index contributed by atoms with van der Waals surface area (Å²) in [6.07, 6.45) is 4.27. The molecule has 5 heteroatoms. The SMILES string of the molecule is CNC1(C)CCN(C(=O)c2ccncc2F)CC1. The van der Waals surface area contributed by atoms with Crippen LogP contribution < -0.4 is 5.32 Å². The largest absolute Gasteiger partial charge is 0.338 e. The van der Waals surface area contributed by atoms with Gasteiger partial charge < -0.3 is 10.2 Å². The van der Waals surface area contributed by atoms with Gasteiger partial charge in [0.1, 0.15) is 0 Å². The molecule has 0 aromatic carbocycles. The van der Waals surface area contributed by atoms with Gasteiger partial charge in [-0.25, -0.2) is 4.39 Å². The maximum absolute atomic E-state index is 13.5. The first-order valence-electron chi connectivity index (χ1n) is 6.13. The Morgan fingerprint density at radius 1 is 1.50 bits per heavy atom. The van der Waals surface area contributed by atoms with Gasteiger partial charge in [0.25, 0.3) is 5.91 Å². The zero-order chi connectivity index (χ0) is 13.2. The third-order valence-electron chi connectivity index (χ3n) is 3.76. The van der Waals surface area contributed by atoms with Crippen LogP contribution in [0.5, 0.6) is 0 Å². The Morgan fingerprint density at radius 3 is 2.72 bits per heavy atom. The average Bonchev–Trinajstić information content (AvgIpc) is 2.39. The number of carbonyl (C=O) groups is 1. The number of halogens is 1. The topological polar surface area (TPSA) is 45.2 Å². The molecule has 1 aromatic heterocycles.